The number of carbonyl (C=O) groups is 3. The van der Waals surface area contributed by atoms with Crippen molar-refractivity contribution >= 4 is 17.9 Å². The van der Waals surface area contributed by atoms with Gasteiger partial charge in [-0.25, -0.2) is 4.79 Å². The van der Waals surface area contributed by atoms with Crippen LogP contribution >= 0.6 is 0 Å². The zero-order chi connectivity index (χ0) is 16.7. The van der Waals surface area contributed by atoms with E-state index in [0.29, 0.717) is 18.9 Å². The third kappa shape index (κ3) is 5.29. The Labute approximate surface area is 132 Å². The van der Waals surface area contributed by atoms with Gasteiger partial charge < -0.3 is 29.8 Å². The van der Waals surface area contributed by atoms with Crippen molar-refractivity contribution in [3.05, 3.63) is 24.2 Å². The second-order valence-corrected chi connectivity index (χ2v) is 5.03. The first-order chi connectivity index (χ1) is 11.1. The summed E-state index contributed by atoms with van der Waals surface area (Å²) in [6.07, 6.45) is 1.32. The van der Waals surface area contributed by atoms with Crippen LogP contribution in [0.15, 0.2) is 22.8 Å². The number of nitrogens with zero attached hydrogens (tertiary/aromatic N) is 1. The SMILES string of the molecule is O=C(O)CC1COCCN1C(=O)CNC(=O)NCc1ccco1. The molecule has 1 fully saturated rings. The maximum atomic E-state index is 12.1. The second kappa shape index (κ2) is 8.18. The Balaban J connectivity index is 1.75. The third-order valence-corrected chi connectivity index (χ3v) is 3.36. The van der Waals surface area contributed by atoms with Gasteiger partial charge >= 0.3 is 12.0 Å². The lowest BCUT2D eigenvalue weighted by molar-refractivity contribution is -0.145. The Hall–Kier alpha value is -2.55. The van der Waals surface area contributed by atoms with Crippen LogP contribution in [-0.2, 0) is 20.9 Å². The highest BCUT2D eigenvalue weighted by atomic mass is 16.5. The van der Waals surface area contributed by atoms with Crippen molar-refractivity contribution in [1.82, 2.24) is 15.5 Å². The summed E-state index contributed by atoms with van der Waals surface area (Å²) in [6.45, 7) is 0.855. The molecular formula is C14H19N3O6. The number of hydrogen-bond acceptors (Lipinski definition) is 5. The Kier molecular flexibility index (Phi) is 5.98. The molecule has 1 saturated heterocycles. The van der Waals surface area contributed by atoms with Crippen molar-refractivity contribution < 1.29 is 28.6 Å². The number of hydrogen-bond donors (Lipinski definition) is 3. The summed E-state index contributed by atoms with van der Waals surface area (Å²) in [6, 6.07) is 2.41. The van der Waals surface area contributed by atoms with E-state index in [1.807, 2.05) is 0 Å². The van der Waals surface area contributed by atoms with Gasteiger partial charge in [-0.1, -0.05) is 0 Å². The van der Waals surface area contributed by atoms with Crippen molar-refractivity contribution in [3.63, 3.8) is 0 Å². The van der Waals surface area contributed by atoms with E-state index in [1.54, 1.807) is 12.1 Å². The van der Waals surface area contributed by atoms with Gasteiger partial charge in [0.25, 0.3) is 0 Å². The minimum absolute atomic E-state index is 0.183. The van der Waals surface area contributed by atoms with Crippen LogP contribution in [0.2, 0.25) is 0 Å². The zero-order valence-corrected chi connectivity index (χ0v) is 12.5. The van der Waals surface area contributed by atoms with Crippen molar-refractivity contribution in [2.45, 2.75) is 19.0 Å². The van der Waals surface area contributed by atoms with E-state index in [9.17, 15) is 14.4 Å². The minimum Gasteiger partial charge on any atom is -0.481 e. The van der Waals surface area contributed by atoms with E-state index in [0.717, 1.165) is 0 Å². The molecule has 0 bridgehead atoms. The smallest absolute Gasteiger partial charge is 0.315 e. The fourth-order valence-electron chi connectivity index (χ4n) is 2.25. The van der Waals surface area contributed by atoms with Gasteiger partial charge in [0.15, 0.2) is 0 Å². The molecular weight excluding hydrogens is 306 g/mol. The number of urea groups is 1. The number of carbonyl (C=O) groups excluding carboxylic acids is 2. The molecule has 0 saturated carbocycles. The lowest BCUT2D eigenvalue weighted by atomic mass is 10.1. The molecule has 1 unspecified atom stereocenters. The standard InChI is InChI=1S/C14H19N3O6/c18-12(17-3-5-22-9-10(17)6-13(19)20)8-16-14(21)15-7-11-2-1-4-23-11/h1-2,4,10H,3,5-9H2,(H,19,20)(H2,15,16,21). The van der Waals surface area contributed by atoms with Gasteiger partial charge in [0.2, 0.25) is 5.91 Å². The Bertz CT molecular complexity index is 545. The normalized spacial score (nSPS) is 17.6. The van der Waals surface area contributed by atoms with Crippen LogP contribution in [0.25, 0.3) is 0 Å². The number of amides is 3. The first-order valence-corrected chi connectivity index (χ1v) is 7.19. The summed E-state index contributed by atoms with van der Waals surface area (Å²) in [5.41, 5.74) is 0. The molecule has 23 heavy (non-hydrogen) atoms. The van der Waals surface area contributed by atoms with Crippen LogP contribution in [-0.4, -0.2) is 60.3 Å². The molecule has 9 heteroatoms. The number of carboxylic acid groups (broad SMARTS) is 1. The molecule has 0 aromatic carbocycles. The molecule has 1 aromatic rings. The number of furan rings is 1. The average Bonchev–Trinajstić information content (AvgIpc) is 3.04. The average molecular weight is 325 g/mol. The predicted molar refractivity (Wildman–Crippen MR) is 77.5 cm³/mol. The highest BCUT2D eigenvalue weighted by Crippen LogP contribution is 2.10. The van der Waals surface area contributed by atoms with Gasteiger partial charge in [-0.2, -0.15) is 0 Å². The molecule has 1 aliphatic rings. The minimum atomic E-state index is -0.998. The fraction of sp³-hybridized carbons (Fsp3) is 0.500. The van der Waals surface area contributed by atoms with Crippen LogP contribution in [0.1, 0.15) is 12.2 Å². The van der Waals surface area contributed by atoms with Gasteiger partial charge in [-0.15, -0.1) is 0 Å². The largest absolute Gasteiger partial charge is 0.481 e. The monoisotopic (exact) mass is 325 g/mol. The van der Waals surface area contributed by atoms with Gasteiger partial charge in [-0.3, -0.25) is 9.59 Å². The van der Waals surface area contributed by atoms with E-state index < -0.39 is 18.0 Å². The van der Waals surface area contributed by atoms with Gasteiger partial charge in [0, 0.05) is 6.54 Å². The maximum absolute atomic E-state index is 12.1. The second-order valence-electron chi connectivity index (χ2n) is 5.03. The van der Waals surface area contributed by atoms with E-state index in [1.165, 1.54) is 11.2 Å². The number of nitrogens with one attached hydrogen (secondary N) is 2. The summed E-state index contributed by atoms with van der Waals surface area (Å²) in [4.78, 5) is 36.0. The quantitative estimate of drug-likeness (QED) is 0.665. The molecule has 1 atom stereocenters. The Morgan fingerprint density at radius 2 is 2.17 bits per heavy atom. The molecule has 0 spiro atoms. The van der Waals surface area contributed by atoms with Crippen LogP contribution in [0.3, 0.4) is 0 Å². The van der Waals surface area contributed by atoms with Crippen molar-refractivity contribution in [3.8, 4) is 0 Å². The van der Waals surface area contributed by atoms with E-state index >= 15 is 0 Å². The molecule has 9 nitrogen and oxygen atoms in total. The molecule has 0 radical (unpaired) electrons. The molecule has 3 amide bonds. The summed E-state index contributed by atoms with van der Waals surface area (Å²) in [5.74, 6) is -0.740. The highest BCUT2D eigenvalue weighted by molar-refractivity contribution is 5.84. The first kappa shape index (κ1) is 16.8. The Morgan fingerprint density at radius 3 is 2.87 bits per heavy atom. The molecule has 2 heterocycles. The van der Waals surface area contributed by atoms with Gasteiger partial charge in [0.1, 0.15) is 5.76 Å². The first-order valence-electron chi connectivity index (χ1n) is 7.19. The maximum Gasteiger partial charge on any atom is 0.315 e. The summed E-state index contributed by atoms with van der Waals surface area (Å²) in [7, 11) is 0. The Morgan fingerprint density at radius 1 is 1.35 bits per heavy atom. The summed E-state index contributed by atoms with van der Waals surface area (Å²) >= 11 is 0. The molecule has 0 aliphatic carbocycles. The van der Waals surface area contributed by atoms with Crippen LogP contribution in [0, 0.1) is 0 Å². The predicted octanol–water partition coefficient (Wildman–Crippen LogP) is -0.219. The molecule has 2 rings (SSSR count). The number of aliphatic carboxylic acids is 1. The lowest BCUT2D eigenvalue weighted by Crippen LogP contribution is -2.53. The van der Waals surface area contributed by atoms with Crippen LogP contribution in [0.4, 0.5) is 4.79 Å². The number of ether oxygens (including phenoxy) is 1. The van der Waals surface area contributed by atoms with Crippen molar-refractivity contribution in [2.75, 3.05) is 26.3 Å². The third-order valence-electron chi connectivity index (χ3n) is 3.36. The molecule has 1 aliphatic heterocycles. The molecule has 3 N–H and O–H groups in total. The highest BCUT2D eigenvalue weighted by Gasteiger charge is 2.29. The topological polar surface area (TPSA) is 121 Å². The fourth-order valence-corrected chi connectivity index (χ4v) is 2.25. The van der Waals surface area contributed by atoms with Crippen LogP contribution in [0.5, 0.6) is 0 Å². The van der Waals surface area contributed by atoms with Crippen molar-refractivity contribution in [1.29, 1.82) is 0 Å². The molecule has 1 aromatic heterocycles. The van der Waals surface area contributed by atoms with E-state index in [4.69, 9.17) is 14.3 Å². The van der Waals surface area contributed by atoms with E-state index in [-0.39, 0.29) is 32.0 Å². The summed E-state index contributed by atoms with van der Waals surface area (Å²) < 4.78 is 10.3. The van der Waals surface area contributed by atoms with Crippen LogP contribution < -0.4 is 10.6 Å². The lowest BCUT2D eigenvalue weighted by Gasteiger charge is -2.34. The van der Waals surface area contributed by atoms with Crippen molar-refractivity contribution in [2.24, 2.45) is 0 Å². The number of rotatable bonds is 6. The number of morpholine rings is 1. The summed E-state index contributed by atoms with van der Waals surface area (Å²) in [5, 5.41) is 13.9. The zero-order valence-electron chi connectivity index (χ0n) is 12.5. The van der Waals surface area contributed by atoms with E-state index in [2.05, 4.69) is 10.6 Å². The van der Waals surface area contributed by atoms with Gasteiger partial charge in [-0.05, 0) is 12.1 Å². The van der Waals surface area contributed by atoms with Gasteiger partial charge in [0.05, 0.1) is 45.0 Å². The number of carboxylic acids is 1. The molecule has 126 valence electrons.